The molecule has 0 aliphatic carbocycles. The number of carbonyl (C=O) groups is 3. The molecule has 0 radical (unpaired) electrons. The van der Waals surface area contributed by atoms with E-state index in [0.717, 1.165) is 57.8 Å². The van der Waals surface area contributed by atoms with Gasteiger partial charge in [0, 0.05) is 19.3 Å². The normalized spacial score (nSPS) is 11.9. The zero-order chi connectivity index (χ0) is 50.7. The lowest BCUT2D eigenvalue weighted by molar-refractivity contribution is -0.167. The summed E-state index contributed by atoms with van der Waals surface area (Å²) in [6, 6.07) is 0. The van der Waals surface area contributed by atoms with Crippen molar-refractivity contribution < 1.29 is 28.6 Å². The number of rotatable bonds is 60. The Kier molecular flexibility index (Phi) is 58.6. The lowest BCUT2D eigenvalue weighted by Gasteiger charge is -2.18. The summed E-state index contributed by atoms with van der Waals surface area (Å²) in [5.74, 6) is -0.841. The average molecular weight is 990 g/mol. The molecule has 0 fully saturated rings. The first kappa shape index (κ1) is 68.4. The van der Waals surface area contributed by atoms with Crippen LogP contribution in [0.5, 0.6) is 0 Å². The van der Waals surface area contributed by atoms with Gasteiger partial charge in [-0.1, -0.05) is 335 Å². The third kappa shape index (κ3) is 57.3. The summed E-state index contributed by atoms with van der Waals surface area (Å²) in [6.45, 7) is 6.66. The Morgan fingerprint density at radius 2 is 0.386 bits per heavy atom. The smallest absolute Gasteiger partial charge is 0.306 e. The summed E-state index contributed by atoms with van der Waals surface area (Å²) in [7, 11) is 0. The summed E-state index contributed by atoms with van der Waals surface area (Å²) in [6.07, 6.45) is 68.7. The lowest BCUT2D eigenvalue weighted by Crippen LogP contribution is -2.30. The Morgan fingerprint density at radius 1 is 0.229 bits per heavy atom. The molecule has 1 unspecified atom stereocenters. The maximum Gasteiger partial charge on any atom is 0.306 e. The highest BCUT2D eigenvalue weighted by Crippen LogP contribution is 2.19. The molecule has 0 saturated carbocycles. The van der Waals surface area contributed by atoms with Crippen LogP contribution in [0.1, 0.15) is 374 Å². The number of ether oxygens (including phenoxy) is 3. The Hall–Kier alpha value is -1.59. The zero-order valence-corrected chi connectivity index (χ0v) is 47.8. The highest BCUT2D eigenvalue weighted by molar-refractivity contribution is 5.71. The Balaban J connectivity index is 4.00. The van der Waals surface area contributed by atoms with Gasteiger partial charge in [-0.15, -0.1) is 0 Å². The molecular formula is C64H124O6. The van der Waals surface area contributed by atoms with E-state index in [2.05, 4.69) is 20.8 Å². The maximum atomic E-state index is 12.8. The van der Waals surface area contributed by atoms with Crippen molar-refractivity contribution in [1.29, 1.82) is 0 Å². The van der Waals surface area contributed by atoms with Crippen LogP contribution in [0.3, 0.4) is 0 Å². The second kappa shape index (κ2) is 60.0. The zero-order valence-electron chi connectivity index (χ0n) is 47.8. The molecule has 1 atom stereocenters. The molecule has 0 saturated heterocycles. The molecule has 0 N–H and O–H groups in total. The molecule has 6 nitrogen and oxygen atoms in total. The monoisotopic (exact) mass is 989 g/mol. The van der Waals surface area contributed by atoms with Gasteiger partial charge in [-0.05, 0) is 19.3 Å². The second-order valence-corrected chi connectivity index (χ2v) is 22.1. The van der Waals surface area contributed by atoms with Crippen LogP contribution in [-0.2, 0) is 28.6 Å². The molecule has 0 rings (SSSR count). The molecule has 0 amide bonds. The van der Waals surface area contributed by atoms with Gasteiger partial charge in [0.2, 0.25) is 0 Å². The van der Waals surface area contributed by atoms with Crippen LogP contribution in [0, 0.1) is 0 Å². The standard InChI is InChI=1S/C64H124O6/c1-4-7-10-13-16-18-20-22-24-26-28-30-31-32-33-35-36-38-40-42-44-46-48-51-54-57-63(66)69-60-61(59-68-62(65)56-53-50-15-12-9-6-3)70-64(67)58-55-52-49-47-45-43-41-39-37-34-29-27-25-23-21-19-17-14-11-8-5-2/h61H,4-60H2,1-3H3. The predicted molar refractivity (Wildman–Crippen MR) is 303 cm³/mol. The molecule has 0 aromatic rings. The highest BCUT2D eigenvalue weighted by Gasteiger charge is 2.19. The molecule has 0 aromatic carbocycles. The SMILES string of the molecule is CCCCCCCCCCCCCCCCCCCCCCCCCCCC(=O)OCC(COC(=O)CCCCCCCC)OC(=O)CCCCCCCCCCCCCCCCCCCCCCC. The Morgan fingerprint density at radius 3 is 0.571 bits per heavy atom. The highest BCUT2D eigenvalue weighted by atomic mass is 16.6. The van der Waals surface area contributed by atoms with Gasteiger partial charge in [-0.25, -0.2) is 0 Å². The number of hydrogen-bond acceptors (Lipinski definition) is 6. The van der Waals surface area contributed by atoms with Crippen molar-refractivity contribution in [2.75, 3.05) is 13.2 Å². The molecule has 70 heavy (non-hydrogen) atoms. The van der Waals surface area contributed by atoms with Crippen LogP contribution >= 0.6 is 0 Å². The minimum Gasteiger partial charge on any atom is -0.462 e. The quantitative estimate of drug-likeness (QED) is 0.0343. The van der Waals surface area contributed by atoms with Crippen LogP contribution in [0.25, 0.3) is 0 Å². The Labute approximate surface area is 438 Å². The van der Waals surface area contributed by atoms with E-state index in [1.165, 1.54) is 276 Å². The first-order chi connectivity index (χ1) is 34.5. The number of hydrogen-bond donors (Lipinski definition) is 0. The van der Waals surface area contributed by atoms with Gasteiger partial charge in [0.1, 0.15) is 13.2 Å². The van der Waals surface area contributed by atoms with Crippen molar-refractivity contribution >= 4 is 17.9 Å². The summed E-state index contributed by atoms with van der Waals surface area (Å²) in [5, 5.41) is 0. The fourth-order valence-corrected chi connectivity index (χ4v) is 10.0. The van der Waals surface area contributed by atoms with Crippen molar-refractivity contribution in [3.05, 3.63) is 0 Å². The van der Waals surface area contributed by atoms with Crippen LogP contribution in [0.2, 0.25) is 0 Å². The number of unbranched alkanes of at least 4 members (excludes halogenated alkanes) is 49. The molecule has 416 valence electrons. The number of esters is 3. The minimum absolute atomic E-state index is 0.0619. The summed E-state index contributed by atoms with van der Waals surface area (Å²) in [4.78, 5) is 38.0. The van der Waals surface area contributed by atoms with E-state index >= 15 is 0 Å². The third-order valence-electron chi connectivity index (χ3n) is 14.9. The van der Waals surface area contributed by atoms with Gasteiger partial charge < -0.3 is 14.2 Å². The largest absolute Gasteiger partial charge is 0.462 e. The topological polar surface area (TPSA) is 78.9 Å². The summed E-state index contributed by atoms with van der Waals surface area (Å²) >= 11 is 0. The molecule has 0 spiro atoms. The first-order valence-corrected chi connectivity index (χ1v) is 32.0. The van der Waals surface area contributed by atoms with Crippen LogP contribution in [0.15, 0.2) is 0 Å². The fourth-order valence-electron chi connectivity index (χ4n) is 10.0. The van der Waals surface area contributed by atoms with Gasteiger partial charge in [-0.2, -0.15) is 0 Å². The van der Waals surface area contributed by atoms with E-state index in [1.54, 1.807) is 0 Å². The second-order valence-electron chi connectivity index (χ2n) is 22.1. The van der Waals surface area contributed by atoms with Crippen molar-refractivity contribution in [2.24, 2.45) is 0 Å². The molecule has 0 aliphatic heterocycles. The number of carbonyl (C=O) groups excluding carboxylic acids is 3. The summed E-state index contributed by atoms with van der Waals surface area (Å²) in [5.41, 5.74) is 0. The van der Waals surface area contributed by atoms with Crippen molar-refractivity contribution in [1.82, 2.24) is 0 Å². The fraction of sp³-hybridized carbons (Fsp3) is 0.953. The average Bonchev–Trinajstić information content (AvgIpc) is 3.36. The van der Waals surface area contributed by atoms with Crippen LogP contribution in [0.4, 0.5) is 0 Å². The molecule has 0 heterocycles. The van der Waals surface area contributed by atoms with Gasteiger partial charge in [0.05, 0.1) is 0 Å². The predicted octanol–water partition coefficient (Wildman–Crippen LogP) is 21.5. The van der Waals surface area contributed by atoms with Crippen LogP contribution in [-0.4, -0.2) is 37.2 Å². The van der Waals surface area contributed by atoms with E-state index in [9.17, 15) is 14.4 Å². The van der Waals surface area contributed by atoms with Crippen molar-refractivity contribution in [3.63, 3.8) is 0 Å². The molecule has 0 bridgehead atoms. The lowest BCUT2D eigenvalue weighted by atomic mass is 10.0. The molecule has 0 aliphatic rings. The van der Waals surface area contributed by atoms with E-state index in [-0.39, 0.29) is 31.1 Å². The molecular weight excluding hydrogens is 865 g/mol. The molecule has 6 heteroatoms. The van der Waals surface area contributed by atoms with Gasteiger partial charge >= 0.3 is 17.9 Å². The van der Waals surface area contributed by atoms with Crippen molar-refractivity contribution in [2.45, 2.75) is 380 Å². The van der Waals surface area contributed by atoms with Gasteiger partial charge in [0.15, 0.2) is 6.10 Å². The van der Waals surface area contributed by atoms with Crippen LogP contribution < -0.4 is 0 Å². The van der Waals surface area contributed by atoms with E-state index in [4.69, 9.17) is 14.2 Å². The van der Waals surface area contributed by atoms with Gasteiger partial charge in [-0.3, -0.25) is 14.4 Å². The first-order valence-electron chi connectivity index (χ1n) is 32.0. The maximum absolute atomic E-state index is 12.8. The summed E-state index contributed by atoms with van der Waals surface area (Å²) < 4.78 is 16.8. The van der Waals surface area contributed by atoms with E-state index < -0.39 is 6.10 Å². The Bertz CT molecular complexity index is 1040. The minimum atomic E-state index is -0.760. The molecule has 0 aromatic heterocycles. The van der Waals surface area contributed by atoms with E-state index in [0.29, 0.717) is 19.3 Å². The third-order valence-corrected chi connectivity index (χ3v) is 14.9. The van der Waals surface area contributed by atoms with Crippen molar-refractivity contribution in [3.8, 4) is 0 Å². The van der Waals surface area contributed by atoms with Gasteiger partial charge in [0.25, 0.3) is 0 Å². The van der Waals surface area contributed by atoms with E-state index in [1.807, 2.05) is 0 Å².